The molecule has 0 amide bonds. The number of fused-ring (bicyclic) bond motifs is 1. The monoisotopic (exact) mass is 493 g/mol. The van der Waals surface area contributed by atoms with Gasteiger partial charge in [-0.05, 0) is 130 Å². The molecular weight excluding hydrogens is 446 g/mol. The Kier molecular flexibility index (Phi) is 9.43. The van der Waals surface area contributed by atoms with Gasteiger partial charge in [-0.2, -0.15) is 0 Å². The zero-order valence-electron chi connectivity index (χ0n) is 23.6. The number of rotatable bonds is 11. The van der Waals surface area contributed by atoms with Crippen LogP contribution < -0.4 is 10.4 Å². The smallest absolute Gasteiger partial charge is 0.0239 e. The molecule has 0 N–H and O–H groups in total. The second kappa shape index (κ2) is 12.7. The molecule has 1 heteroatoms. The maximum absolute atomic E-state index is 4.30. The molecule has 1 aliphatic heterocycles. The van der Waals surface area contributed by atoms with Crippen molar-refractivity contribution in [1.82, 2.24) is 4.90 Å². The van der Waals surface area contributed by atoms with Crippen molar-refractivity contribution in [3.8, 4) is 0 Å². The van der Waals surface area contributed by atoms with Crippen molar-refractivity contribution in [3.63, 3.8) is 0 Å². The van der Waals surface area contributed by atoms with Crippen molar-refractivity contribution in [2.45, 2.75) is 84.6 Å². The molecule has 1 fully saturated rings. The topological polar surface area (TPSA) is 3.24 Å². The number of likely N-dealkylation sites (tertiary alicyclic amines) is 1. The van der Waals surface area contributed by atoms with Crippen molar-refractivity contribution < 1.29 is 0 Å². The summed E-state index contributed by atoms with van der Waals surface area (Å²) < 4.78 is 0. The Labute approximate surface area is 226 Å². The summed E-state index contributed by atoms with van der Waals surface area (Å²) in [5.41, 5.74) is 9.57. The number of piperidine rings is 1. The van der Waals surface area contributed by atoms with Gasteiger partial charge in [-0.15, -0.1) is 6.58 Å². The number of benzene rings is 2. The van der Waals surface area contributed by atoms with Crippen LogP contribution in [0.4, 0.5) is 0 Å². The summed E-state index contributed by atoms with van der Waals surface area (Å²) >= 11 is 0. The Hall–Kier alpha value is -2.64. The molecule has 0 bridgehead atoms. The van der Waals surface area contributed by atoms with Crippen molar-refractivity contribution in [3.05, 3.63) is 100.0 Å². The zero-order valence-corrected chi connectivity index (χ0v) is 23.6. The first-order valence-corrected chi connectivity index (χ1v) is 14.4. The highest BCUT2D eigenvalue weighted by Crippen LogP contribution is 2.33. The van der Waals surface area contributed by atoms with Crippen LogP contribution in [-0.4, -0.2) is 18.0 Å². The van der Waals surface area contributed by atoms with Gasteiger partial charge in [0, 0.05) is 6.54 Å². The average Bonchev–Trinajstić information content (AvgIpc) is 2.88. The number of hydrogen-bond acceptors (Lipinski definition) is 1. The Balaban J connectivity index is 1.42. The lowest BCUT2D eigenvalue weighted by molar-refractivity contribution is 0.204. The first-order chi connectivity index (χ1) is 17.8. The fraction of sp³-hybridized carbons (Fsp3) is 0.444. The van der Waals surface area contributed by atoms with Gasteiger partial charge >= 0.3 is 0 Å². The van der Waals surface area contributed by atoms with Crippen LogP contribution in [0, 0.1) is 5.92 Å². The van der Waals surface area contributed by atoms with Crippen LogP contribution >= 0.6 is 0 Å². The maximum atomic E-state index is 4.30. The lowest BCUT2D eigenvalue weighted by Gasteiger charge is -2.33. The third kappa shape index (κ3) is 7.23. The largest absolute Gasteiger partial charge is 0.299 e. The van der Waals surface area contributed by atoms with Crippen LogP contribution in [0.1, 0.15) is 93.9 Å². The van der Waals surface area contributed by atoms with E-state index >= 15 is 0 Å². The molecule has 1 atom stereocenters. The van der Waals surface area contributed by atoms with Gasteiger partial charge in [0.1, 0.15) is 0 Å². The SMILES string of the molecule is C=C(C)CCC(CCc1cc(C2CCN(Cc3cccc4c3=CCCC=4)CC2)ccc1C(=C)C)C(=C)C. The summed E-state index contributed by atoms with van der Waals surface area (Å²) in [5.74, 6) is 1.21. The van der Waals surface area contributed by atoms with Crippen molar-refractivity contribution in [1.29, 1.82) is 0 Å². The third-order valence-corrected chi connectivity index (χ3v) is 8.53. The summed E-state index contributed by atoms with van der Waals surface area (Å²) in [6.07, 6.45) is 14.2. The summed E-state index contributed by atoms with van der Waals surface area (Å²) in [7, 11) is 0. The molecule has 1 unspecified atom stereocenters. The second-order valence-corrected chi connectivity index (χ2v) is 11.7. The predicted octanol–water partition coefficient (Wildman–Crippen LogP) is 7.94. The zero-order chi connectivity index (χ0) is 26.4. The summed E-state index contributed by atoms with van der Waals surface area (Å²) in [6, 6.07) is 14.1. The molecule has 4 rings (SSSR count). The normalized spacial score (nSPS) is 16.8. The van der Waals surface area contributed by atoms with Gasteiger partial charge in [0.15, 0.2) is 0 Å². The Morgan fingerprint density at radius 2 is 1.68 bits per heavy atom. The minimum atomic E-state index is 0.556. The lowest BCUT2D eigenvalue weighted by atomic mass is 9.84. The van der Waals surface area contributed by atoms with E-state index in [0.717, 1.165) is 32.2 Å². The number of nitrogens with zero attached hydrogens (tertiary/aromatic N) is 1. The fourth-order valence-corrected chi connectivity index (χ4v) is 6.21. The second-order valence-electron chi connectivity index (χ2n) is 11.7. The van der Waals surface area contributed by atoms with E-state index in [0.29, 0.717) is 11.8 Å². The minimum Gasteiger partial charge on any atom is -0.299 e. The molecule has 0 spiro atoms. The Morgan fingerprint density at radius 1 is 0.919 bits per heavy atom. The van der Waals surface area contributed by atoms with E-state index in [4.69, 9.17) is 0 Å². The maximum Gasteiger partial charge on any atom is 0.0239 e. The van der Waals surface area contributed by atoms with Gasteiger partial charge in [0.2, 0.25) is 0 Å². The number of hydrogen-bond donors (Lipinski definition) is 0. The molecular formula is C36H47N. The molecule has 1 nitrogen and oxygen atoms in total. The van der Waals surface area contributed by atoms with E-state index in [1.54, 1.807) is 0 Å². The molecule has 2 aromatic rings. The first-order valence-electron chi connectivity index (χ1n) is 14.4. The first kappa shape index (κ1) is 27.4. The van der Waals surface area contributed by atoms with Gasteiger partial charge < -0.3 is 0 Å². The number of aryl methyl sites for hydroxylation is 1. The fourth-order valence-electron chi connectivity index (χ4n) is 6.21. The molecule has 37 heavy (non-hydrogen) atoms. The molecule has 1 heterocycles. The van der Waals surface area contributed by atoms with Gasteiger partial charge in [0.25, 0.3) is 0 Å². The predicted molar refractivity (Wildman–Crippen MR) is 163 cm³/mol. The molecule has 1 aliphatic carbocycles. The third-order valence-electron chi connectivity index (χ3n) is 8.53. The van der Waals surface area contributed by atoms with E-state index < -0.39 is 0 Å². The molecule has 1 saturated heterocycles. The summed E-state index contributed by atoms with van der Waals surface area (Å²) in [6.45, 7) is 22.6. The Morgan fingerprint density at radius 3 is 2.38 bits per heavy atom. The molecule has 0 saturated carbocycles. The van der Waals surface area contributed by atoms with Crippen LogP contribution in [-0.2, 0) is 13.0 Å². The van der Waals surface area contributed by atoms with Crippen LogP contribution in [0.5, 0.6) is 0 Å². The molecule has 196 valence electrons. The van der Waals surface area contributed by atoms with Crippen LogP contribution in [0.25, 0.3) is 17.7 Å². The lowest BCUT2D eigenvalue weighted by Crippen LogP contribution is -2.37. The van der Waals surface area contributed by atoms with Gasteiger partial charge in [-0.1, -0.05) is 78.4 Å². The van der Waals surface area contributed by atoms with Gasteiger partial charge in [-0.25, -0.2) is 0 Å². The van der Waals surface area contributed by atoms with E-state index in [2.05, 4.69) is 94.0 Å². The highest BCUT2D eigenvalue weighted by Gasteiger charge is 2.22. The van der Waals surface area contributed by atoms with E-state index in [1.807, 2.05) is 0 Å². The van der Waals surface area contributed by atoms with E-state index in [-0.39, 0.29) is 0 Å². The van der Waals surface area contributed by atoms with Gasteiger partial charge in [-0.3, -0.25) is 4.90 Å². The Bertz CT molecular complexity index is 1250. The minimum absolute atomic E-state index is 0.556. The standard InChI is InChI=1S/C36H47N/c1-26(2)14-15-29(27(3)4)16-17-33-24-32(18-19-35(33)28(5)6)30-20-22-37(23-21-30)25-34-12-9-11-31-10-7-8-13-36(31)34/h9-13,18-19,24,29-30H,1,3,5,7-8,14-17,20-23,25H2,2,4,6H3. The average molecular weight is 494 g/mol. The number of allylic oxidation sites excluding steroid dienone is 3. The van der Waals surface area contributed by atoms with Gasteiger partial charge in [0.05, 0.1) is 0 Å². The quantitative estimate of drug-likeness (QED) is 0.287. The van der Waals surface area contributed by atoms with E-state index in [1.165, 1.54) is 88.2 Å². The van der Waals surface area contributed by atoms with Crippen LogP contribution in [0.3, 0.4) is 0 Å². The summed E-state index contributed by atoms with van der Waals surface area (Å²) in [4.78, 5) is 2.66. The van der Waals surface area contributed by atoms with Crippen LogP contribution in [0.2, 0.25) is 0 Å². The molecule has 0 aromatic heterocycles. The highest BCUT2D eigenvalue weighted by molar-refractivity contribution is 5.65. The van der Waals surface area contributed by atoms with Crippen molar-refractivity contribution in [2.75, 3.05) is 13.1 Å². The highest BCUT2D eigenvalue weighted by atomic mass is 15.1. The van der Waals surface area contributed by atoms with Crippen molar-refractivity contribution in [2.24, 2.45) is 5.92 Å². The van der Waals surface area contributed by atoms with Crippen LogP contribution in [0.15, 0.2) is 67.3 Å². The van der Waals surface area contributed by atoms with Crippen molar-refractivity contribution >= 4 is 17.7 Å². The van der Waals surface area contributed by atoms with E-state index in [9.17, 15) is 0 Å². The molecule has 2 aromatic carbocycles. The molecule has 0 radical (unpaired) electrons. The summed E-state index contributed by atoms with van der Waals surface area (Å²) in [5, 5.41) is 2.91. The molecule has 2 aliphatic rings.